The third-order valence-electron chi connectivity index (χ3n) is 3.76. The lowest BCUT2D eigenvalue weighted by Gasteiger charge is -2.02. The van der Waals surface area contributed by atoms with Crippen molar-refractivity contribution in [1.29, 1.82) is 0 Å². The molecule has 0 aliphatic carbocycles. The Balaban J connectivity index is 2.01. The third kappa shape index (κ3) is 2.69. The van der Waals surface area contributed by atoms with Gasteiger partial charge >= 0.3 is 0 Å². The maximum atomic E-state index is 14.1. The van der Waals surface area contributed by atoms with Gasteiger partial charge in [-0.3, -0.25) is 4.68 Å². The minimum atomic E-state index is -0.209. The van der Waals surface area contributed by atoms with E-state index in [0.29, 0.717) is 11.9 Å². The molecule has 3 rings (SSSR count). The molecule has 0 saturated heterocycles. The number of benzene rings is 2. The minimum Gasteiger partial charge on any atom is -0.497 e. The second-order valence-corrected chi connectivity index (χ2v) is 5.33. The molecule has 0 radical (unpaired) electrons. The van der Waals surface area contributed by atoms with Gasteiger partial charge in [-0.05, 0) is 30.2 Å². The lowest BCUT2D eigenvalue weighted by atomic mass is 10.1. The summed E-state index contributed by atoms with van der Waals surface area (Å²) in [6.07, 6.45) is 1.60. The van der Waals surface area contributed by atoms with Gasteiger partial charge in [-0.25, -0.2) is 4.39 Å². The van der Waals surface area contributed by atoms with Crippen LogP contribution in [0, 0.1) is 5.82 Å². The Hall–Kier alpha value is -2.36. The maximum Gasteiger partial charge on any atom is 0.149 e. The fourth-order valence-corrected chi connectivity index (χ4v) is 2.70. The lowest BCUT2D eigenvalue weighted by molar-refractivity contribution is 0.414. The van der Waals surface area contributed by atoms with Crippen LogP contribution in [0.2, 0.25) is 0 Å². The number of rotatable bonds is 5. The predicted octanol–water partition coefficient (Wildman–Crippen LogP) is 4.18. The first-order valence-corrected chi connectivity index (χ1v) is 7.49. The van der Waals surface area contributed by atoms with Crippen molar-refractivity contribution in [2.45, 2.75) is 26.3 Å². The van der Waals surface area contributed by atoms with E-state index < -0.39 is 0 Å². The van der Waals surface area contributed by atoms with Crippen LogP contribution in [0.15, 0.2) is 42.5 Å². The number of hydrogen-bond donors (Lipinski definition) is 0. The largest absolute Gasteiger partial charge is 0.497 e. The van der Waals surface area contributed by atoms with Gasteiger partial charge in [0.2, 0.25) is 0 Å². The van der Waals surface area contributed by atoms with Gasteiger partial charge in [0.25, 0.3) is 0 Å². The molecule has 0 fully saturated rings. The van der Waals surface area contributed by atoms with Gasteiger partial charge in [-0.1, -0.05) is 31.2 Å². The minimum absolute atomic E-state index is 0.209. The van der Waals surface area contributed by atoms with Crippen molar-refractivity contribution in [3.8, 4) is 5.75 Å². The SMILES string of the molecule is CCCn1nc(Cc2ccc(OC)cc2)c2cccc(F)c21. The maximum absolute atomic E-state index is 14.1. The highest BCUT2D eigenvalue weighted by Gasteiger charge is 2.14. The standard InChI is InChI=1S/C18H19FN2O/c1-3-11-21-18-15(5-4-6-16(18)19)17(20-21)12-13-7-9-14(22-2)10-8-13/h4-10H,3,11-12H2,1-2H3. The summed E-state index contributed by atoms with van der Waals surface area (Å²) in [6, 6.07) is 13.1. The van der Waals surface area contributed by atoms with Crippen molar-refractivity contribution in [1.82, 2.24) is 9.78 Å². The summed E-state index contributed by atoms with van der Waals surface area (Å²) in [6.45, 7) is 2.79. The van der Waals surface area contributed by atoms with Gasteiger partial charge in [0.05, 0.1) is 12.8 Å². The summed E-state index contributed by atoms with van der Waals surface area (Å²) in [5.74, 6) is 0.621. The summed E-state index contributed by atoms with van der Waals surface area (Å²) in [4.78, 5) is 0. The van der Waals surface area contributed by atoms with E-state index in [4.69, 9.17) is 4.74 Å². The van der Waals surface area contributed by atoms with Crippen LogP contribution in [-0.4, -0.2) is 16.9 Å². The summed E-state index contributed by atoms with van der Waals surface area (Å²) < 4.78 is 21.1. The summed E-state index contributed by atoms with van der Waals surface area (Å²) in [5.41, 5.74) is 2.65. The average molecular weight is 298 g/mol. The molecule has 3 nitrogen and oxygen atoms in total. The van der Waals surface area contributed by atoms with Gasteiger partial charge in [0.1, 0.15) is 17.1 Å². The topological polar surface area (TPSA) is 27.1 Å². The van der Waals surface area contributed by atoms with Crippen LogP contribution in [0.5, 0.6) is 5.75 Å². The van der Waals surface area contributed by atoms with Gasteiger partial charge in [0.15, 0.2) is 0 Å². The molecule has 4 heteroatoms. The highest BCUT2D eigenvalue weighted by molar-refractivity contribution is 5.82. The highest BCUT2D eigenvalue weighted by Crippen LogP contribution is 2.24. The number of fused-ring (bicyclic) bond motifs is 1. The monoisotopic (exact) mass is 298 g/mol. The molecule has 0 amide bonds. The van der Waals surface area contributed by atoms with Gasteiger partial charge < -0.3 is 4.74 Å². The molecule has 22 heavy (non-hydrogen) atoms. The van der Waals surface area contributed by atoms with Crippen molar-refractivity contribution in [2.75, 3.05) is 7.11 Å². The smallest absolute Gasteiger partial charge is 0.149 e. The Morgan fingerprint density at radius 2 is 1.91 bits per heavy atom. The average Bonchev–Trinajstić information content (AvgIpc) is 2.88. The molecule has 0 aliphatic heterocycles. The fourth-order valence-electron chi connectivity index (χ4n) is 2.70. The Kier molecular flexibility index (Phi) is 4.09. The first kappa shape index (κ1) is 14.6. The number of aromatic nitrogens is 2. The van der Waals surface area contributed by atoms with Crippen LogP contribution in [0.4, 0.5) is 4.39 Å². The predicted molar refractivity (Wildman–Crippen MR) is 85.8 cm³/mol. The van der Waals surface area contributed by atoms with Gasteiger partial charge in [-0.2, -0.15) is 5.10 Å². The van der Waals surface area contributed by atoms with E-state index in [2.05, 4.69) is 12.0 Å². The lowest BCUT2D eigenvalue weighted by Crippen LogP contribution is -2.01. The number of nitrogens with zero attached hydrogens (tertiary/aromatic N) is 2. The molecule has 0 N–H and O–H groups in total. The third-order valence-corrected chi connectivity index (χ3v) is 3.76. The molecule has 0 atom stereocenters. The first-order valence-electron chi connectivity index (χ1n) is 7.49. The molecule has 1 aromatic heterocycles. The summed E-state index contributed by atoms with van der Waals surface area (Å²) in [5, 5.41) is 5.52. The second kappa shape index (κ2) is 6.18. The molecule has 0 aliphatic rings. The molecular formula is C18H19FN2O. The van der Waals surface area contributed by atoms with Crippen LogP contribution in [0.25, 0.3) is 10.9 Å². The molecule has 0 bridgehead atoms. The zero-order chi connectivity index (χ0) is 15.5. The molecule has 0 spiro atoms. The van der Waals surface area contributed by atoms with E-state index in [1.807, 2.05) is 30.3 Å². The molecule has 1 heterocycles. The number of hydrogen-bond acceptors (Lipinski definition) is 2. The zero-order valence-electron chi connectivity index (χ0n) is 12.8. The van der Waals surface area contributed by atoms with Crippen LogP contribution in [-0.2, 0) is 13.0 Å². The number of methoxy groups -OCH3 is 1. The highest BCUT2D eigenvalue weighted by atomic mass is 19.1. The molecule has 114 valence electrons. The first-order chi connectivity index (χ1) is 10.7. The number of aryl methyl sites for hydroxylation is 1. The Labute approximate surface area is 129 Å². The van der Waals surface area contributed by atoms with Crippen LogP contribution in [0.1, 0.15) is 24.6 Å². The van der Waals surface area contributed by atoms with Crippen molar-refractivity contribution in [2.24, 2.45) is 0 Å². The summed E-state index contributed by atoms with van der Waals surface area (Å²) >= 11 is 0. The molecule has 0 unspecified atom stereocenters. The van der Waals surface area contributed by atoms with Crippen molar-refractivity contribution in [3.63, 3.8) is 0 Å². The van der Waals surface area contributed by atoms with E-state index >= 15 is 0 Å². The van der Waals surface area contributed by atoms with Crippen molar-refractivity contribution >= 4 is 10.9 Å². The number of ether oxygens (including phenoxy) is 1. The van der Waals surface area contributed by atoms with Crippen LogP contribution in [0.3, 0.4) is 0 Å². The zero-order valence-corrected chi connectivity index (χ0v) is 12.8. The van der Waals surface area contributed by atoms with Gasteiger partial charge in [0, 0.05) is 18.4 Å². The molecule has 0 saturated carbocycles. The summed E-state index contributed by atoms with van der Waals surface area (Å²) in [7, 11) is 1.65. The van der Waals surface area contributed by atoms with E-state index in [0.717, 1.165) is 35.4 Å². The van der Waals surface area contributed by atoms with E-state index in [1.165, 1.54) is 6.07 Å². The Morgan fingerprint density at radius 1 is 1.14 bits per heavy atom. The van der Waals surface area contributed by atoms with E-state index in [9.17, 15) is 4.39 Å². The quantitative estimate of drug-likeness (QED) is 0.706. The number of halogens is 1. The van der Waals surface area contributed by atoms with E-state index in [-0.39, 0.29) is 5.82 Å². The molecule has 3 aromatic rings. The fraction of sp³-hybridized carbons (Fsp3) is 0.278. The van der Waals surface area contributed by atoms with Crippen molar-refractivity contribution < 1.29 is 9.13 Å². The number of para-hydroxylation sites is 1. The van der Waals surface area contributed by atoms with Crippen LogP contribution < -0.4 is 4.74 Å². The Morgan fingerprint density at radius 3 is 2.59 bits per heavy atom. The van der Waals surface area contributed by atoms with Gasteiger partial charge in [-0.15, -0.1) is 0 Å². The molecular weight excluding hydrogens is 279 g/mol. The van der Waals surface area contributed by atoms with Crippen LogP contribution >= 0.6 is 0 Å². The normalized spacial score (nSPS) is 11.0. The second-order valence-electron chi connectivity index (χ2n) is 5.33. The van der Waals surface area contributed by atoms with Crippen molar-refractivity contribution in [3.05, 3.63) is 59.5 Å². The molecule has 2 aromatic carbocycles. The Bertz CT molecular complexity index is 778. The van der Waals surface area contributed by atoms with E-state index in [1.54, 1.807) is 17.9 Å².